The van der Waals surface area contributed by atoms with Crippen LogP contribution in [0.25, 0.3) is 6.08 Å². The summed E-state index contributed by atoms with van der Waals surface area (Å²) in [6.07, 6.45) is 10.1. The van der Waals surface area contributed by atoms with Crippen LogP contribution >= 0.6 is 0 Å². The van der Waals surface area contributed by atoms with E-state index in [1.807, 2.05) is 18.5 Å². The van der Waals surface area contributed by atoms with E-state index in [-0.39, 0.29) is 0 Å². The molecule has 0 spiro atoms. The molecule has 2 aliphatic heterocycles. The molecule has 2 aliphatic rings. The maximum absolute atomic E-state index is 4.15. The van der Waals surface area contributed by atoms with Gasteiger partial charge in [-0.2, -0.15) is 0 Å². The van der Waals surface area contributed by atoms with Crippen LogP contribution in [-0.2, 0) is 0 Å². The third-order valence-corrected chi connectivity index (χ3v) is 3.52. The van der Waals surface area contributed by atoms with Crippen LogP contribution in [-0.4, -0.2) is 23.0 Å². The fraction of sp³-hybridized carbons (Fsp3) is 0.462. The molecule has 0 aromatic carbocycles. The van der Waals surface area contributed by atoms with Gasteiger partial charge >= 0.3 is 0 Å². The Morgan fingerprint density at radius 1 is 1.40 bits per heavy atom. The van der Waals surface area contributed by atoms with E-state index in [1.165, 1.54) is 43.6 Å². The molecular weight excluding hydrogens is 184 g/mol. The topological polar surface area (TPSA) is 16.1 Å². The second kappa shape index (κ2) is 3.69. The highest BCUT2D eigenvalue weighted by Crippen LogP contribution is 2.33. The maximum Gasteiger partial charge on any atom is 0.0340 e. The molecule has 15 heavy (non-hydrogen) atoms. The summed E-state index contributed by atoms with van der Waals surface area (Å²) in [4.78, 5) is 6.69. The van der Waals surface area contributed by atoms with Crippen LogP contribution in [0.2, 0.25) is 0 Å². The Morgan fingerprint density at radius 2 is 2.40 bits per heavy atom. The highest BCUT2D eigenvalue weighted by Gasteiger charge is 2.28. The fourth-order valence-electron chi connectivity index (χ4n) is 2.66. The van der Waals surface area contributed by atoms with Crippen molar-refractivity contribution in [1.82, 2.24) is 9.88 Å². The van der Waals surface area contributed by atoms with Crippen LogP contribution in [0.15, 0.2) is 30.2 Å². The van der Waals surface area contributed by atoms with Crippen molar-refractivity contribution in [2.24, 2.45) is 5.92 Å². The number of aromatic nitrogens is 1. The van der Waals surface area contributed by atoms with Crippen LogP contribution in [0.4, 0.5) is 0 Å². The van der Waals surface area contributed by atoms with Crippen LogP contribution in [0, 0.1) is 5.92 Å². The summed E-state index contributed by atoms with van der Waals surface area (Å²) in [5.41, 5.74) is 2.74. The first-order valence-corrected chi connectivity index (χ1v) is 5.77. The number of hydrogen-bond donors (Lipinski definition) is 0. The second-order valence-electron chi connectivity index (χ2n) is 4.56. The molecular formula is C13H16N2. The molecule has 78 valence electrons. The first-order valence-electron chi connectivity index (χ1n) is 5.77. The SMILES string of the molecule is C(=C1\CCC2CCN1C2)/c1cccnc1. The third-order valence-electron chi connectivity index (χ3n) is 3.52. The van der Waals surface area contributed by atoms with Crippen molar-refractivity contribution in [3.8, 4) is 0 Å². The number of pyridine rings is 1. The van der Waals surface area contributed by atoms with Gasteiger partial charge in [0.2, 0.25) is 0 Å². The van der Waals surface area contributed by atoms with Gasteiger partial charge in [-0.3, -0.25) is 4.98 Å². The Kier molecular flexibility index (Phi) is 2.20. The van der Waals surface area contributed by atoms with Gasteiger partial charge in [0, 0.05) is 31.2 Å². The Morgan fingerprint density at radius 3 is 3.27 bits per heavy atom. The predicted octanol–water partition coefficient (Wildman–Crippen LogP) is 2.54. The van der Waals surface area contributed by atoms with Crippen molar-refractivity contribution in [2.45, 2.75) is 19.3 Å². The largest absolute Gasteiger partial charge is 0.375 e. The minimum absolute atomic E-state index is 0.969. The lowest BCUT2D eigenvalue weighted by Crippen LogP contribution is -2.24. The van der Waals surface area contributed by atoms with Crippen molar-refractivity contribution in [3.63, 3.8) is 0 Å². The highest BCUT2D eigenvalue weighted by molar-refractivity contribution is 5.51. The Hall–Kier alpha value is -1.31. The lowest BCUT2D eigenvalue weighted by Gasteiger charge is -2.27. The number of nitrogens with zero attached hydrogens (tertiary/aromatic N) is 2. The molecule has 3 rings (SSSR count). The van der Waals surface area contributed by atoms with Gasteiger partial charge in [0.1, 0.15) is 0 Å². The monoisotopic (exact) mass is 200 g/mol. The number of rotatable bonds is 1. The van der Waals surface area contributed by atoms with Crippen LogP contribution < -0.4 is 0 Å². The van der Waals surface area contributed by atoms with E-state index in [2.05, 4.69) is 22.0 Å². The predicted molar refractivity (Wildman–Crippen MR) is 61.1 cm³/mol. The first kappa shape index (κ1) is 8.96. The zero-order chi connectivity index (χ0) is 10.1. The highest BCUT2D eigenvalue weighted by atomic mass is 15.2. The molecule has 1 unspecified atom stereocenters. The minimum atomic E-state index is 0.969. The molecule has 3 heterocycles. The summed E-state index contributed by atoms with van der Waals surface area (Å²) in [7, 11) is 0. The molecule has 1 atom stereocenters. The van der Waals surface area contributed by atoms with Crippen molar-refractivity contribution in [2.75, 3.05) is 13.1 Å². The third kappa shape index (κ3) is 1.76. The van der Waals surface area contributed by atoms with Crippen molar-refractivity contribution in [3.05, 3.63) is 35.8 Å². The van der Waals surface area contributed by atoms with Gasteiger partial charge in [0.05, 0.1) is 0 Å². The summed E-state index contributed by atoms with van der Waals surface area (Å²) in [6.45, 7) is 2.54. The number of allylic oxidation sites excluding steroid dienone is 1. The average molecular weight is 200 g/mol. The smallest absolute Gasteiger partial charge is 0.0340 e. The van der Waals surface area contributed by atoms with E-state index in [9.17, 15) is 0 Å². The molecule has 0 radical (unpaired) electrons. The van der Waals surface area contributed by atoms with E-state index < -0.39 is 0 Å². The molecule has 0 N–H and O–H groups in total. The van der Waals surface area contributed by atoms with Crippen molar-refractivity contribution in [1.29, 1.82) is 0 Å². The number of hydrogen-bond acceptors (Lipinski definition) is 2. The summed E-state index contributed by atoms with van der Waals surface area (Å²) < 4.78 is 0. The van der Waals surface area contributed by atoms with Crippen molar-refractivity contribution >= 4 is 6.08 Å². The van der Waals surface area contributed by atoms with Crippen LogP contribution in [0.1, 0.15) is 24.8 Å². The molecule has 2 fully saturated rings. The maximum atomic E-state index is 4.15. The fourth-order valence-corrected chi connectivity index (χ4v) is 2.66. The lowest BCUT2D eigenvalue weighted by molar-refractivity contribution is 0.338. The second-order valence-corrected chi connectivity index (χ2v) is 4.56. The first-order chi connectivity index (χ1) is 7.42. The number of fused-ring (bicyclic) bond motifs is 2. The molecule has 0 saturated carbocycles. The summed E-state index contributed by atoms with van der Waals surface area (Å²) in [5.74, 6) is 0.969. The van der Waals surface area contributed by atoms with Gasteiger partial charge in [-0.1, -0.05) is 6.07 Å². The lowest BCUT2D eigenvalue weighted by atomic mass is 9.98. The molecule has 2 nitrogen and oxygen atoms in total. The van der Waals surface area contributed by atoms with Crippen molar-refractivity contribution < 1.29 is 0 Å². The van der Waals surface area contributed by atoms with Gasteiger partial charge in [-0.15, -0.1) is 0 Å². The molecule has 2 heteroatoms. The Labute approximate surface area is 90.6 Å². The molecule has 0 aliphatic carbocycles. The molecule has 2 bridgehead atoms. The average Bonchev–Trinajstić information content (AvgIpc) is 2.67. The van der Waals surface area contributed by atoms with E-state index in [0.717, 1.165) is 5.92 Å². The Bertz CT molecular complexity index is 369. The molecule has 1 aromatic heterocycles. The van der Waals surface area contributed by atoms with E-state index in [0.29, 0.717) is 0 Å². The summed E-state index contributed by atoms with van der Waals surface area (Å²) in [6, 6.07) is 4.13. The summed E-state index contributed by atoms with van der Waals surface area (Å²) >= 11 is 0. The zero-order valence-corrected chi connectivity index (χ0v) is 8.89. The van der Waals surface area contributed by atoms with Crippen LogP contribution in [0.3, 0.4) is 0 Å². The molecule has 2 saturated heterocycles. The summed E-state index contributed by atoms with van der Waals surface area (Å²) in [5, 5.41) is 0. The van der Waals surface area contributed by atoms with Gasteiger partial charge in [0.25, 0.3) is 0 Å². The number of piperidine rings is 1. The molecule has 1 aromatic rings. The normalized spacial score (nSPS) is 27.3. The zero-order valence-electron chi connectivity index (χ0n) is 8.89. The van der Waals surface area contributed by atoms with E-state index in [1.54, 1.807) is 0 Å². The van der Waals surface area contributed by atoms with Gasteiger partial charge in [0.15, 0.2) is 0 Å². The van der Waals surface area contributed by atoms with E-state index >= 15 is 0 Å². The minimum Gasteiger partial charge on any atom is -0.375 e. The standard InChI is InChI=1S/C13H16N2/c1-2-12(9-14-6-1)8-13-4-3-11-5-7-15(13)10-11/h1-2,6,8-9,11H,3-5,7,10H2/b13-8-. The quantitative estimate of drug-likeness (QED) is 0.692. The van der Waals surface area contributed by atoms with Crippen LogP contribution in [0.5, 0.6) is 0 Å². The Balaban J connectivity index is 1.84. The van der Waals surface area contributed by atoms with E-state index in [4.69, 9.17) is 0 Å². The van der Waals surface area contributed by atoms with Gasteiger partial charge < -0.3 is 4.90 Å². The molecule has 0 amide bonds. The van der Waals surface area contributed by atoms with Gasteiger partial charge in [-0.25, -0.2) is 0 Å². The van der Waals surface area contributed by atoms with Gasteiger partial charge in [-0.05, 0) is 42.9 Å².